The number of fused-ring (bicyclic) bond motifs is 2. The van der Waals surface area contributed by atoms with E-state index in [0.717, 1.165) is 25.9 Å². The summed E-state index contributed by atoms with van der Waals surface area (Å²) in [6.45, 7) is 6.32. The minimum absolute atomic E-state index is 0.134. The van der Waals surface area contributed by atoms with Crippen molar-refractivity contribution >= 4 is 11.8 Å². The van der Waals surface area contributed by atoms with Crippen LogP contribution in [0.4, 0.5) is 4.79 Å². The third-order valence-electron chi connectivity index (χ3n) is 5.34. The van der Waals surface area contributed by atoms with Crippen molar-refractivity contribution in [1.29, 1.82) is 0 Å². The van der Waals surface area contributed by atoms with E-state index in [1.54, 1.807) is 0 Å². The SMILES string of the molecule is CCCC1C2CC=CN=C2CC2CN(C(=O)OCC)CC21. The molecule has 2 aliphatic heterocycles. The molecule has 4 heteroatoms. The molecule has 1 saturated heterocycles. The summed E-state index contributed by atoms with van der Waals surface area (Å²) in [5, 5.41) is 0. The average molecular weight is 290 g/mol. The highest BCUT2D eigenvalue weighted by atomic mass is 16.6. The maximum Gasteiger partial charge on any atom is 0.409 e. The van der Waals surface area contributed by atoms with Gasteiger partial charge in [0.25, 0.3) is 0 Å². The van der Waals surface area contributed by atoms with Gasteiger partial charge in [-0.3, -0.25) is 4.99 Å². The summed E-state index contributed by atoms with van der Waals surface area (Å²) in [5.74, 6) is 2.49. The summed E-state index contributed by atoms with van der Waals surface area (Å²) < 4.78 is 5.19. The van der Waals surface area contributed by atoms with Gasteiger partial charge >= 0.3 is 6.09 Å². The van der Waals surface area contributed by atoms with Crippen molar-refractivity contribution in [3.8, 4) is 0 Å². The summed E-state index contributed by atoms with van der Waals surface area (Å²) >= 11 is 0. The lowest BCUT2D eigenvalue weighted by molar-refractivity contribution is 0.112. The molecule has 4 nitrogen and oxygen atoms in total. The number of hydrogen-bond acceptors (Lipinski definition) is 3. The van der Waals surface area contributed by atoms with E-state index in [1.165, 1.54) is 18.6 Å². The molecule has 1 saturated carbocycles. The summed E-state index contributed by atoms with van der Waals surface area (Å²) in [6.07, 6.45) is 8.69. The summed E-state index contributed by atoms with van der Waals surface area (Å²) in [4.78, 5) is 18.6. The number of rotatable bonds is 3. The lowest BCUT2D eigenvalue weighted by atomic mass is 9.64. The van der Waals surface area contributed by atoms with Crippen LogP contribution in [0.2, 0.25) is 0 Å². The second-order valence-electron chi connectivity index (χ2n) is 6.53. The van der Waals surface area contributed by atoms with E-state index in [4.69, 9.17) is 4.74 Å². The van der Waals surface area contributed by atoms with Gasteiger partial charge in [-0.2, -0.15) is 0 Å². The number of ether oxygens (including phenoxy) is 1. The van der Waals surface area contributed by atoms with Crippen molar-refractivity contribution < 1.29 is 9.53 Å². The first-order valence-electron chi connectivity index (χ1n) is 8.37. The molecule has 4 atom stereocenters. The lowest BCUT2D eigenvalue weighted by Gasteiger charge is -2.41. The van der Waals surface area contributed by atoms with Gasteiger partial charge in [0.05, 0.1) is 6.61 Å². The molecule has 1 amide bonds. The fourth-order valence-electron chi connectivity index (χ4n) is 4.49. The van der Waals surface area contributed by atoms with Crippen LogP contribution in [0.3, 0.4) is 0 Å². The number of likely N-dealkylation sites (tertiary alicyclic amines) is 1. The topological polar surface area (TPSA) is 41.9 Å². The highest BCUT2D eigenvalue weighted by Gasteiger charge is 2.47. The standard InChI is InChI=1S/C17H26N2O2/c1-3-6-13-14-7-5-8-18-16(14)9-12-10-19(11-15(12)13)17(20)21-4-2/h5,8,12-15H,3-4,6-7,9-11H2,1-2H3. The molecular weight excluding hydrogens is 264 g/mol. The van der Waals surface area contributed by atoms with Gasteiger partial charge in [-0.25, -0.2) is 4.79 Å². The minimum atomic E-state index is -0.134. The zero-order chi connectivity index (χ0) is 14.8. The zero-order valence-electron chi connectivity index (χ0n) is 13.1. The van der Waals surface area contributed by atoms with Gasteiger partial charge in [0.15, 0.2) is 0 Å². The maximum atomic E-state index is 12.0. The number of nitrogens with zero attached hydrogens (tertiary/aromatic N) is 2. The number of carbonyl (C=O) groups excluding carboxylic acids is 1. The summed E-state index contributed by atoms with van der Waals surface area (Å²) in [7, 11) is 0. The number of hydrogen-bond donors (Lipinski definition) is 0. The van der Waals surface area contributed by atoms with E-state index >= 15 is 0 Å². The molecule has 0 spiro atoms. The van der Waals surface area contributed by atoms with Crippen molar-refractivity contribution in [2.45, 2.75) is 39.5 Å². The van der Waals surface area contributed by atoms with Gasteiger partial charge in [-0.05, 0) is 43.9 Å². The van der Waals surface area contributed by atoms with E-state index in [0.29, 0.717) is 30.3 Å². The molecule has 2 heterocycles. The lowest BCUT2D eigenvalue weighted by Crippen LogP contribution is -2.40. The van der Waals surface area contributed by atoms with Crippen LogP contribution in [0.5, 0.6) is 0 Å². The Bertz CT molecular complexity index is 458. The third kappa shape index (κ3) is 2.72. The Morgan fingerprint density at radius 3 is 3.05 bits per heavy atom. The molecule has 0 aromatic rings. The molecule has 0 N–H and O–H groups in total. The van der Waals surface area contributed by atoms with Crippen LogP contribution in [0.15, 0.2) is 17.3 Å². The predicted octanol–water partition coefficient (Wildman–Crippen LogP) is 3.49. The number of carbonyl (C=O) groups is 1. The number of allylic oxidation sites excluding steroid dienone is 1. The second kappa shape index (κ2) is 6.20. The van der Waals surface area contributed by atoms with E-state index in [2.05, 4.69) is 18.0 Å². The Hall–Kier alpha value is -1.32. The third-order valence-corrected chi connectivity index (χ3v) is 5.34. The van der Waals surface area contributed by atoms with Crippen molar-refractivity contribution in [1.82, 2.24) is 4.90 Å². The van der Waals surface area contributed by atoms with E-state index in [1.807, 2.05) is 18.0 Å². The fraction of sp³-hybridized carbons (Fsp3) is 0.765. The molecule has 2 fully saturated rings. The smallest absolute Gasteiger partial charge is 0.409 e. The molecular formula is C17H26N2O2. The minimum Gasteiger partial charge on any atom is -0.450 e. The van der Waals surface area contributed by atoms with Crippen molar-refractivity contribution in [3.63, 3.8) is 0 Å². The van der Waals surface area contributed by atoms with Crippen molar-refractivity contribution in [3.05, 3.63) is 12.3 Å². The largest absolute Gasteiger partial charge is 0.450 e. The fourth-order valence-corrected chi connectivity index (χ4v) is 4.49. The first-order valence-corrected chi connectivity index (χ1v) is 8.37. The van der Waals surface area contributed by atoms with Crippen molar-refractivity contribution in [2.75, 3.05) is 19.7 Å². The van der Waals surface area contributed by atoms with Crippen LogP contribution in [-0.4, -0.2) is 36.4 Å². The molecule has 0 aromatic carbocycles. The van der Waals surface area contributed by atoms with Gasteiger partial charge in [-0.15, -0.1) is 0 Å². The normalized spacial score (nSPS) is 34.2. The quantitative estimate of drug-likeness (QED) is 0.798. The number of amides is 1. The molecule has 3 aliphatic rings. The van der Waals surface area contributed by atoms with Crippen LogP contribution in [0.25, 0.3) is 0 Å². The Morgan fingerprint density at radius 1 is 1.43 bits per heavy atom. The first-order chi connectivity index (χ1) is 10.2. The highest BCUT2D eigenvalue weighted by Crippen LogP contribution is 2.46. The van der Waals surface area contributed by atoms with Gasteiger partial charge in [0.2, 0.25) is 0 Å². The summed E-state index contributed by atoms with van der Waals surface area (Å²) in [6, 6.07) is 0. The van der Waals surface area contributed by atoms with E-state index in [-0.39, 0.29) is 6.09 Å². The van der Waals surface area contributed by atoms with E-state index in [9.17, 15) is 4.79 Å². The average Bonchev–Trinajstić information content (AvgIpc) is 2.91. The van der Waals surface area contributed by atoms with Gasteiger partial charge in [0.1, 0.15) is 0 Å². The van der Waals surface area contributed by atoms with Crippen LogP contribution < -0.4 is 0 Å². The van der Waals surface area contributed by atoms with Crippen molar-refractivity contribution in [2.24, 2.45) is 28.7 Å². The van der Waals surface area contributed by atoms with Crippen LogP contribution in [0.1, 0.15) is 39.5 Å². The Labute approximate surface area is 127 Å². The molecule has 3 rings (SSSR count). The summed E-state index contributed by atoms with van der Waals surface area (Å²) in [5.41, 5.74) is 1.38. The monoisotopic (exact) mass is 290 g/mol. The van der Waals surface area contributed by atoms with Gasteiger partial charge in [0, 0.05) is 30.9 Å². The highest BCUT2D eigenvalue weighted by molar-refractivity contribution is 5.89. The molecule has 0 aromatic heterocycles. The Balaban J connectivity index is 1.77. The van der Waals surface area contributed by atoms with Crippen LogP contribution >= 0.6 is 0 Å². The van der Waals surface area contributed by atoms with Crippen LogP contribution in [-0.2, 0) is 4.74 Å². The second-order valence-corrected chi connectivity index (χ2v) is 6.53. The van der Waals surface area contributed by atoms with Gasteiger partial charge < -0.3 is 9.64 Å². The molecule has 21 heavy (non-hydrogen) atoms. The maximum absolute atomic E-state index is 12.0. The number of aliphatic imine (C=N–C) groups is 1. The van der Waals surface area contributed by atoms with Gasteiger partial charge in [-0.1, -0.05) is 19.4 Å². The zero-order valence-corrected chi connectivity index (χ0v) is 13.1. The first kappa shape index (κ1) is 14.6. The molecule has 1 aliphatic carbocycles. The predicted molar refractivity (Wildman–Crippen MR) is 83.3 cm³/mol. The molecule has 116 valence electrons. The molecule has 4 unspecified atom stereocenters. The molecule has 0 bridgehead atoms. The van der Waals surface area contributed by atoms with Crippen LogP contribution in [0, 0.1) is 23.7 Å². The Morgan fingerprint density at radius 2 is 2.29 bits per heavy atom. The molecule has 0 radical (unpaired) electrons. The van der Waals surface area contributed by atoms with E-state index < -0.39 is 0 Å². The Kier molecular flexibility index (Phi) is 4.32.